The first kappa shape index (κ1) is 12.0. The Bertz CT molecular complexity index is 413. The van der Waals surface area contributed by atoms with Gasteiger partial charge in [0.15, 0.2) is 0 Å². The van der Waals surface area contributed by atoms with Crippen molar-refractivity contribution in [1.82, 2.24) is 14.8 Å². The van der Waals surface area contributed by atoms with Crippen LogP contribution in [0.2, 0.25) is 0 Å². The van der Waals surface area contributed by atoms with Crippen molar-refractivity contribution >= 4 is 5.97 Å². The van der Waals surface area contributed by atoms with Crippen LogP contribution in [0.3, 0.4) is 0 Å². The maximum Gasteiger partial charge on any atom is 0.311 e. The van der Waals surface area contributed by atoms with Gasteiger partial charge in [0, 0.05) is 19.5 Å². The number of aliphatic carboxylic acids is 1. The van der Waals surface area contributed by atoms with Crippen molar-refractivity contribution in [2.24, 2.45) is 17.1 Å². The molecule has 1 aliphatic rings. The van der Waals surface area contributed by atoms with E-state index < -0.39 is 11.4 Å². The molecule has 1 unspecified atom stereocenters. The molecular weight excluding hydrogens is 220 g/mol. The number of nitrogens with zero attached hydrogens (tertiary/aromatic N) is 3. The van der Waals surface area contributed by atoms with E-state index in [1.54, 1.807) is 4.68 Å². The number of aryl methyl sites for hydroxylation is 1. The number of carbonyl (C=O) groups is 1. The zero-order valence-electron chi connectivity index (χ0n) is 9.96. The molecule has 94 valence electrons. The summed E-state index contributed by atoms with van der Waals surface area (Å²) < 4.78 is 1.73. The molecule has 0 aromatic carbocycles. The number of rotatable bonds is 6. The molecule has 3 N–H and O–H groups in total. The lowest BCUT2D eigenvalue weighted by molar-refractivity contribution is -0.149. The quantitative estimate of drug-likeness (QED) is 0.742. The van der Waals surface area contributed by atoms with Gasteiger partial charge in [-0.1, -0.05) is 0 Å². The van der Waals surface area contributed by atoms with E-state index in [1.165, 1.54) is 6.33 Å². The fourth-order valence-corrected chi connectivity index (χ4v) is 2.33. The second kappa shape index (κ2) is 4.44. The minimum absolute atomic E-state index is 0.156. The first-order valence-electron chi connectivity index (χ1n) is 5.94. The highest BCUT2D eigenvalue weighted by molar-refractivity contribution is 5.76. The van der Waals surface area contributed by atoms with Gasteiger partial charge < -0.3 is 10.8 Å². The van der Waals surface area contributed by atoms with Crippen molar-refractivity contribution in [2.75, 3.05) is 6.54 Å². The molecular formula is C11H18N4O2. The minimum Gasteiger partial charge on any atom is -0.481 e. The fraction of sp³-hybridized carbons (Fsp3) is 0.727. The topological polar surface area (TPSA) is 94.0 Å². The number of carboxylic acid groups (broad SMARTS) is 1. The molecule has 0 spiro atoms. The van der Waals surface area contributed by atoms with E-state index >= 15 is 0 Å². The van der Waals surface area contributed by atoms with Crippen molar-refractivity contribution in [2.45, 2.75) is 32.7 Å². The molecule has 1 atom stereocenters. The molecule has 0 amide bonds. The van der Waals surface area contributed by atoms with Gasteiger partial charge in [0.2, 0.25) is 0 Å². The van der Waals surface area contributed by atoms with E-state index in [2.05, 4.69) is 10.1 Å². The molecule has 1 aromatic heterocycles. The van der Waals surface area contributed by atoms with Crippen LogP contribution in [0.1, 0.15) is 25.6 Å². The van der Waals surface area contributed by atoms with Gasteiger partial charge in [-0.2, -0.15) is 5.10 Å². The largest absolute Gasteiger partial charge is 0.481 e. The van der Waals surface area contributed by atoms with Gasteiger partial charge in [0.05, 0.1) is 5.41 Å². The van der Waals surface area contributed by atoms with E-state index in [4.69, 9.17) is 5.73 Å². The maximum atomic E-state index is 11.5. The van der Waals surface area contributed by atoms with Gasteiger partial charge in [0.1, 0.15) is 12.2 Å². The van der Waals surface area contributed by atoms with Crippen LogP contribution in [-0.4, -0.2) is 32.4 Å². The molecule has 6 heteroatoms. The van der Waals surface area contributed by atoms with E-state index in [0.29, 0.717) is 18.8 Å². The number of aromatic nitrogens is 3. The third-order valence-corrected chi connectivity index (χ3v) is 3.62. The lowest BCUT2D eigenvalue weighted by Gasteiger charge is -2.27. The number of hydrogen-bond acceptors (Lipinski definition) is 4. The van der Waals surface area contributed by atoms with Gasteiger partial charge >= 0.3 is 5.97 Å². The Hall–Kier alpha value is -1.43. The summed E-state index contributed by atoms with van der Waals surface area (Å²) in [5, 5.41) is 13.5. The summed E-state index contributed by atoms with van der Waals surface area (Å²) in [4.78, 5) is 15.7. The Labute approximate surface area is 99.8 Å². The Morgan fingerprint density at radius 3 is 2.88 bits per heavy atom. The molecule has 0 saturated heterocycles. The lowest BCUT2D eigenvalue weighted by Crippen LogP contribution is -2.43. The Morgan fingerprint density at radius 2 is 2.41 bits per heavy atom. The number of carboxylic acids is 1. The predicted octanol–water partition coefficient (Wildman–Crippen LogP) is 0.280. The van der Waals surface area contributed by atoms with E-state index in [9.17, 15) is 9.90 Å². The zero-order chi connectivity index (χ0) is 12.5. The molecule has 1 heterocycles. The summed E-state index contributed by atoms with van der Waals surface area (Å²) in [5.41, 5.74) is 4.86. The van der Waals surface area contributed by atoms with Crippen molar-refractivity contribution in [1.29, 1.82) is 0 Å². The fourth-order valence-electron chi connectivity index (χ4n) is 2.33. The highest BCUT2D eigenvalue weighted by atomic mass is 16.4. The summed E-state index contributed by atoms with van der Waals surface area (Å²) in [7, 11) is 0. The molecule has 0 aliphatic heterocycles. The summed E-state index contributed by atoms with van der Waals surface area (Å²) in [5.74, 6) is 0.0902. The van der Waals surface area contributed by atoms with E-state index in [1.807, 2.05) is 6.92 Å². The smallest absolute Gasteiger partial charge is 0.311 e. The molecule has 1 fully saturated rings. The van der Waals surface area contributed by atoms with Crippen molar-refractivity contribution in [3.63, 3.8) is 0 Å². The van der Waals surface area contributed by atoms with Crippen molar-refractivity contribution < 1.29 is 9.90 Å². The first-order chi connectivity index (χ1) is 8.14. The third kappa shape index (κ3) is 2.04. The van der Waals surface area contributed by atoms with Crippen LogP contribution in [-0.2, 0) is 17.8 Å². The normalized spacial score (nSPS) is 18.9. The second-order valence-electron chi connectivity index (χ2n) is 4.61. The van der Waals surface area contributed by atoms with Crippen LogP contribution >= 0.6 is 0 Å². The molecule has 6 nitrogen and oxygen atoms in total. The Morgan fingerprint density at radius 1 is 1.71 bits per heavy atom. The highest BCUT2D eigenvalue weighted by Crippen LogP contribution is 2.47. The average molecular weight is 238 g/mol. The average Bonchev–Trinajstić information content (AvgIpc) is 3.06. The maximum absolute atomic E-state index is 11.5. The van der Waals surface area contributed by atoms with Crippen LogP contribution in [0.15, 0.2) is 6.33 Å². The molecule has 2 rings (SSSR count). The standard InChI is InChI=1S/C11H18N4O2/c1-2-15-9(13-7-14-15)5-11(6-12,10(16)17)8-3-4-8/h7-8H,2-6,12H2,1H3,(H,16,17). The first-order valence-corrected chi connectivity index (χ1v) is 5.94. The van der Waals surface area contributed by atoms with Crippen LogP contribution in [0, 0.1) is 11.3 Å². The predicted molar refractivity (Wildman–Crippen MR) is 61.2 cm³/mol. The molecule has 1 aromatic rings. The van der Waals surface area contributed by atoms with Gasteiger partial charge in [-0.05, 0) is 25.7 Å². The van der Waals surface area contributed by atoms with Crippen LogP contribution in [0.5, 0.6) is 0 Å². The molecule has 0 bridgehead atoms. The third-order valence-electron chi connectivity index (χ3n) is 3.62. The molecule has 1 aliphatic carbocycles. The van der Waals surface area contributed by atoms with E-state index in [-0.39, 0.29) is 12.5 Å². The molecule has 1 saturated carbocycles. The Balaban J connectivity index is 2.26. The number of nitrogens with two attached hydrogens (primary N) is 1. The van der Waals surface area contributed by atoms with Crippen LogP contribution in [0.25, 0.3) is 0 Å². The summed E-state index contributed by atoms with van der Waals surface area (Å²) in [6.07, 6.45) is 3.74. The van der Waals surface area contributed by atoms with E-state index in [0.717, 1.165) is 12.8 Å². The van der Waals surface area contributed by atoms with Gasteiger partial charge in [0.25, 0.3) is 0 Å². The summed E-state index contributed by atoms with van der Waals surface area (Å²) >= 11 is 0. The monoisotopic (exact) mass is 238 g/mol. The van der Waals surface area contributed by atoms with Crippen molar-refractivity contribution in [3.8, 4) is 0 Å². The van der Waals surface area contributed by atoms with Gasteiger partial charge in [-0.25, -0.2) is 4.98 Å². The van der Waals surface area contributed by atoms with Crippen molar-refractivity contribution in [3.05, 3.63) is 12.2 Å². The highest BCUT2D eigenvalue weighted by Gasteiger charge is 2.50. The summed E-state index contributed by atoms with van der Waals surface area (Å²) in [6.45, 7) is 2.81. The lowest BCUT2D eigenvalue weighted by atomic mass is 9.79. The van der Waals surface area contributed by atoms with Crippen LogP contribution in [0.4, 0.5) is 0 Å². The van der Waals surface area contributed by atoms with Gasteiger partial charge in [-0.3, -0.25) is 9.48 Å². The van der Waals surface area contributed by atoms with Gasteiger partial charge in [-0.15, -0.1) is 0 Å². The summed E-state index contributed by atoms with van der Waals surface area (Å²) in [6, 6.07) is 0. The molecule has 17 heavy (non-hydrogen) atoms. The second-order valence-corrected chi connectivity index (χ2v) is 4.61. The zero-order valence-corrected chi connectivity index (χ0v) is 9.96. The SMILES string of the molecule is CCn1ncnc1CC(CN)(C(=O)O)C1CC1. The van der Waals surface area contributed by atoms with Crippen LogP contribution < -0.4 is 5.73 Å². The molecule has 0 radical (unpaired) electrons. The number of hydrogen-bond donors (Lipinski definition) is 2. The Kier molecular flexibility index (Phi) is 3.15. The minimum atomic E-state index is -0.861.